The Balaban J connectivity index is 1.82. The van der Waals surface area contributed by atoms with Gasteiger partial charge in [-0.15, -0.1) is 5.10 Å². The number of carboxylic acid groups (broad SMARTS) is 1. The van der Waals surface area contributed by atoms with E-state index in [9.17, 15) is 9.59 Å². The highest BCUT2D eigenvalue weighted by Crippen LogP contribution is 2.06. The molecule has 0 aliphatic heterocycles. The van der Waals surface area contributed by atoms with E-state index in [1.165, 1.54) is 6.20 Å². The van der Waals surface area contributed by atoms with Gasteiger partial charge in [0.25, 0.3) is 5.91 Å². The summed E-state index contributed by atoms with van der Waals surface area (Å²) in [6.45, 7) is 1.55. The van der Waals surface area contributed by atoms with Crippen molar-refractivity contribution in [1.29, 1.82) is 0 Å². The van der Waals surface area contributed by atoms with Crippen molar-refractivity contribution in [2.75, 3.05) is 0 Å². The van der Waals surface area contributed by atoms with E-state index in [1.807, 2.05) is 19.1 Å². The molecular formula is C13H16N4O4. The first kappa shape index (κ1) is 14.8. The molecule has 8 nitrogen and oxygen atoms in total. The molecule has 2 heterocycles. The fourth-order valence-electron chi connectivity index (χ4n) is 1.80. The molecule has 1 unspecified atom stereocenters. The lowest BCUT2D eigenvalue weighted by Gasteiger charge is -2.11. The van der Waals surface area contributed by atoms with E-state index >= 15 is 0 Å². The zero-order valence-corrected chi connectivity index (χ0v) is 11.5. The number of hydrogen-bond acceptors (Lipinski definition) is 5. The molecule has 0 bridgehead atoms. The number of aliphatic carboxylic acids is 1. The highest BCUT2D eigenvalue weighted by atomic mass is 16.4. The van der Waals surface area contributed by atoms with Crippen LogP contribution >= 0.6 is 0 Å². The molecule has 0 radical (unpaired) electrons. The van der Waals surface area contributed by atoms with Gasteiger partial charge in [-0.05, 0) is 25.5 Å². The zero-order valence-electron chi connectivity index (χ0n) is 11.5. The standard InChI is InChI=1S/C13H16N4O4/c1-9(4-5-10-3-2-6-21-10)14-13(20)11-7-17(16-15-11)8-12(18)19/h2-3,6-7,9H,4-5,8H2,1H3,(H,14,20)(H,18,19). The molecule has 2 aromatic heterocycles. The molecule has 0 spiro atoms. The highest BCUT2D eigenvalue weighted by Gasteiger charge is 2.14. The van der Waals surface area contributed by atoms with Gasteiger partial charge in [-0.1, -0.05) is 5.21 Å². The Bertz CT molecular complexity index is 605. The van der Waals surface area contributed by atoms with Crippen molar-refractivity contribution in [1.82, 2.24) is 20.3 Å². The van der Waals surface area contributed by atoms with Crippen LogP contribution in [0.25, 0.3) is 0 Å². The number of nitrogens with zero attached hydrogens (tertiary/aromatic N) is 3. The van der Waals surface area contributed by atoms with E-state index in [0.29, 0.717) is 0 Å². The van der Waals surface area contributed by atoms with Crippen molar-refractivity contribution in [2.45, 2.75) is 32.4 Å². The predicted molar refractivity (Wildman–Crippen MR) is 71.6 cm³/mol. The summed E-state index contributed by atoms with van der Waals surface area (Å²) in [5, 5.41) is 18.6. The summed E-state index contributed by atoms with van der Waals surface area (Å²) in [6, 6.07) is 3.64. The van der Waals surface area contributed by atoms with Crippen LogP contribution < -0.4 is 5.32 Å². The van der Waals surface area contributed by atoms with Gasteiger partial charge >= 0.3 is 5.97 Å². The van der Waals surface area contributed by atoms with Crippen LogP contribution in [0.5, 0.6) is 0 Å². The van der Waals surface area contributed by atoms with Gasteiger partial charge in [-0.25, -0.2) is 4.68 Å². The maximum atomic E-state index is 11.9. The summed E-state index contributed by atoms with van der Waals surface area (Å²) in [7, 11) is 0. The molecule has 2 rings (SSSR count). The van der Waals surface area contributed by atoms with E-state index in [0.717, 1.165) is 23.3 Å². The van der Waals surface area contributed by atoms with Crippen LogP contribution in [-0.2, 0) is 17.8 Å². The van der Waals surface area contributed by atoms with Crippen molar-refractivity contribution in [3.63, 3.8) is 0 Å². The Morgan fingerprint density at radius 2 is 2.33 bits per heavy atom. The third-order valence-electron chi connectivity index (χ3n) is 2.85. The molecular weight excluding hydrogens is 276 g/mol. The molecule has 21 heavy (non-hydrogen) atoms. The second kappa shape index (κ2) is 6.69. The molecule has 0 fully saturated rings. The lowest BCUT2D eigenvalue weighted by atomic mass is 10.1. The summed E-state index contributed by atoms with van der Waals surface area (Å²) >= 11 is 0. The SMILES string of the molecule is CC(CCc1ccco1)NC(=O)c1cn(CC(=O)O)nn1. The summed E-state index contributed by atoms with van der Waals surface area (Å²) in [5.41, 5.74) is 0.0982. The number of carbonyl (C=O) groups is 2. The lowest BCUT2D eigenvalue weighted by Crippen LogP contribution is -2.33. The molecule has 0 aliphatic carbocycles. The Morgan fingerprint density at radius 3 is 3.00 bits per heavy atom. The number of nitrogens with one attached hydrogen (secondary N) is 1. The number of aromatic nitrogens is 3. The smallest absolute Gasteiger partial charge is 0.325 e. The van der Waals surface area contributed by atoms with Crippen LogP contribution in [0, 0.1) is 0 Å². The zero-order chi connectivity index (χ0) is 15.2. The fourth-order valence-corrected chi connectivity index (χ4v) is 1.80. The van der Waals surface area contributed by atoms with Gasteiger partial charge in [0.15, 0.2) is 5.69 Å². The van der Waals surface area contributed by atoms with Gasteiger partial charge in [0.05, 0.1) is 12.5 Å². The highest BCUT2D eigenvalue weighted by molar-refractivity contribution is 5.92. The molecule has 1 amide bonds. The molecule has 8 heteroatoms. The normalized spacial score (nSPS) is 12.0. The Labute approximate surface area is 120 Å². The molecule has 0 aromatic carbocycles. The molecule has 2 aromatic rings. The van der Waals surface area contributed by atoms with Crippen molar-refractivity contribution < 1.29 is 19.1 Å². The van der Waals surface area contributed by atoms with Crippen LogP contribution in [0.15, 0.2) is 29.0 Å². The third-order valence-corrected chi connectivity index (χ3v) is 2.85. The topological polar surface area (TPSA) is 110 Å². The van der Waals surface area contributed by atoms with E-state index in [2.05, 4.69) is 15.6 Å². The van der Waals surface area contributed by atoms with Crippen molar-refractivity contribution in [2.24, 2.45) is 0 Å². The summed E-state index contributed by atoms with van der Waals surface area (Å²) in [4.78, 5) is 22.4. The van der Waals surface area contributed by atoms with Gasteiger partial charge in [-0.2, -0.15) is 0 Å². The number of carboxylic acids is 1. The number of amides is 1. The van der Waals surface area contributed by atoms with Crippen molar-refractivity contribution in [3.05, 3.63) is 36.0 Å². The first-order valence-corrected chi connectivity index (χ1v) is 6.50. The van der Waals surface area contributed by atoms with Crippen LogP contribution in [0.4, 0.5) is 0 Å². The summed E-state index contributed by atoms with van der Waals surface area (Å²) < 4.78 is 6.32. The second-order valence-electron chi connectivity index (χ2n) is 4.69. The number of hydrogen-bond donors (Lipinski definition) is 2. The minimum Gasteiger partial charge on any atom is -0.480 e. The third kappa shape index (κ3) is 4.44. The monoisotopic (exact) mass is 292 g/mol. The number of aryl methyl sites for hydroxylation is 1. The maximum Gasteiger partial charge on any atom is 0.325 e. The van der Waals surface area contributed by atoms with E-state index < -0.39 is 5.97 Å². The first-order valence-electron chi connectivity index (χ1n) is 6.50. The average molecular weight is 292 g/mol. The molecule has 0 aliphatic rings. The van der Waals surface area contributed by atoms with E-state index in [1.54, 1.807) is 6.26 Å². The Hall–Kier alpha value is -2.64. The van der Waals surface area contributed by atoms with Gasteiger partial charge in [-0.3, -0.25) is 9.59 Å². The predicted octanol–water partition coefficient (Wildman–Crippen LogP) is 0.707. The molecule has 1 atom stereocenters. The van der Waals surface area contributed by atoms with Crippen LogP contribution in [0.3, 0.4) is 0 Å². The number of carbonyl (C=O) groups excluding carboxylic acids is 1. The quantitative estimate of drug-likeness (QED) is 0.777. The van der Waals surface area contributed by atoms with Crippen LogP contribution in [-0.4, -0.2) is 38.0 Å². The summed E-state index contributed by atoms with van der Waals surface area (Å²) in [5.74, 6) is -0.555. The number of furan rings is 1. The minimum absolute atomic E-state index is 0.0628. The maximum absolute atomic E-state index is 11.9. The minimum atomic E-state index is -1.04. The fraction of sp³-hybridized carbons (Fsp3) is 0.385. The Kier molecular flexibility index (Phi) is 4.70. The molecule has 2 N–H and O–H groups in total. The Morgan fingerprint density at radius 1 is 1.52 bits per heavy atom. The van der Waals surface area contributed by atoms with Crippen LogP contribution in [0.1, 0.15) is 29.6 Å². The molecule has 0 saturated carbocycles. The lowest BCUT2D eigenvalue weighted by molar-refractivity contribution is -0.137. The van der Waals surface area contributed by atoms with Gasteiger partial charge < -0.3 is 14.8 Å². The second-order valence-corrected chi connectivity index (χ2v) is 4.69. The van der Waals surface area contributed by atoms with E-state index in [-0.39, 0.29) is 24.2 Å². The van der Waals surface area contributed by atoms with E-state index in [4.69, 9.17) is 9.52 Å². The van der Waals surface area contributed by atoms with Gasteiger partial charge in [0.2, 0.25) is 0 Å². The van der Waals surface area contributed by atoms with Gasteiger partial charge in [0.1, 0.15) is 12.3 Å². The van der Waals surface area contributed by atoms with Crippen molar-refractivity contribution >= 4 is 11.9 Å². The molecule has 0 saturated heterocycles. The van der Waals surface area contributed by atoms with Crippen molar-refractivity contribution in [3.8, 4) is 0 Å². The number of rotatable bonds is 7. The van der Waals surface area contributed by atoms with Gasteiger partial charge in [0, 0.05) is 12.5 Å². The largest absolute Gasteiger partial charge is 0.480 e. The first-order chi connectivity index (χ1) is 10.0. The van der Waals surface area contributed by atoms with Crippen LogP contribution in [0.2, 0.25) is 0 Å². The molecule has 112 valence electrons. The average Bonchev–Trinajstić information content (AvgIpc) is 3.06. The summed E-state index contributed by atoms with van der Waals surface area (Å²) in [6.07, 6.45) is 4.37.